The van der Waals surface area contributed by atoms with Crippen LogP contribution in [-0.4, -0.2) is 41.6 Å². The quantitative estimate of drug-likeness (QED) is 0.551. The fourth-order valence-corrected chi connectivity index (χ4v) is 7.58. The van der Waals surface area contributed by atoms with Gasteiger partial charge in [-0.2, -0.15) is 0 Å². The second-order valence-corrected chi connectivity index (χ2v) is 13.8. The van der Waals surface area contributed by atoms with E-state index >= 15 is 0 Å². The number of sulfonamides is 2. The lowest BCUT2D eigenvalue weighted by molar-refractivity contribution is 0.0982. The van der Waals surface area contributed by atoms with E-state index in [2.05, 4.69) is 16.0 Å². The summed E-state index contributed by atoms with van der Waals surface area (Å²) < 4.78 is 54.7. The first-order valence-electron chi connectivity index (χ1n) is 12.2. The molecule has 10 heteroatoms. The van der Waals surface area contributed by atoms with Gasteiger partial charge in [-0.3, -0.25) is 9.52 Å². The molecule has 192 valence electrons. The van der Waals surface area contributed by atoms with E-state index in [0.717, 1.165) is 55.2 Å². The zero-order valence-electron chi connectivity index (χ0n) is 20.3. The lowest BCUT2D eigenvalue weighted by Gasteiger charge is -2.34. The molecule has 1 heterocycles. The molecule has 1 spiro atoms. The molecule has 0 atom stereocenters. The minimum atomic E-state index is -3.76. The Balaban J connectivity index is 1.47. The molecular formula is C26H31N3O5S2. The van der Waals surface area contributed by atoms with Crippen molar-refractivity contribution in [3.63, 3.8) is 0 Å². The molecule has 0 radical (unpaired) electrons. The van der Waals surface area contributed by atoms with Crippen LogP contribution in [0.4, 0.5) is 11.4 Å². The molecular weight excluding hydrogens is 498 g/mol. The van der Waals surface area contributed by atoms with Gasteiger partial charge in [0, 0.05) is 34.9 Å². The van der Waals surface area contributed by atoms with Crippen molar-refractivity contribution in [1.29, 1.82) is 0 Å². The first kappa shape index (κ1) is 25.0. The molecule has 0 bridgehead atoms. The van der Waals surface area contributed by atoms with Gasteiger partial charge in [0.2, 0.25) is 20.0 Å². The third-order valence-electron chi connectivity index (χ3n) is 7.46. The summed E-state index contributed by atoms with van der Waals surface area (Å²) in [6.07, 6.45) is 7.41. The predicted octanol–water partition coefficient (Wildman–Crippen LogP) is 3.92. The van der Waals surface area contributed by atoms with E-state index in [1.165, 1.54) is 12.1 Å². The van der Waals surface area contributed by atoms with Gasteiger partial charge in [-0.1, -0.05) is 37.5 Å². The van der Waals surface area contributed by atoms with E-state index in [1.54, 1.807) is 29.2 Å². The van der Waals surface area contributed by atoms with Gasteiger partial charge in [0.1, 0.15) is 0 Å². The highest BCUT2D eigenvalue weighted by atomic mass is 32.2. The Kier molecular flexibility index (Phi) is 6.25. The van der Waals surface area contributed by atoms with E-state index in [9.17, 15) is 21.6 Å². The molecule has 0 unspecified atom stereocenters. The molecule has 2 aromatic rings. The number of benzene rings is 2. The van der Waals surface area contributed by atoms with Crippen LogP contribution in [0.25, 0.3) is 0 Å². The van der Waals surface area contributed by atoms with Crippen molar-refractivity contribution in [2.24, 2.45) is 0 Å². The number of fused-ring (bicyclic) bond motifs is 2. The zero-order chi connectivity index (χ0) is 25.7. The fraction of sp³-hybridized carbons (Fsp3) is 0.423. The summed E-state index contributed by atoms with van der Waals surface area (Å²) in [4.78, 5) is 15.5. The summed E-state index contributed by atoms with van der Waals surface area (Å²) in [5.41, 5.74) is 3.28. The first-order valence-corrected chi connectivity index (χ1v) is 15.6. The molecule has 0 saturated heterocycles. The molecule has 36 heavy (non-hydrogen) atoms. The summed E-state index contributed by atoms with van der Waals surface area (Å²) in [6.45, 7) is 4.34. The molecule has 5 rings (SSSR count). The smallest absolute Gasteiger partial charge is 0.258 e. The Morgan fingerprint density at radius 1 is 1.03 bits per heavy atom. The molecule has 2 fully saturated rings. The number of nitrogens with one attached hydrogen (secondary N) is 2. The minimum absolute atomic E-state index is 0.0605. The fourth-order valence-electron chi connectivity index (χ4n) is 5.74. The molecule has 1 aliphatic heterocycles. The van der Waals surface area contributed by atoms with Crippen molar-refractivity contribution in [3.8, 4) is 0 Å². The summed E-state index contributed by atoms with van der Waals surface area (Å²) in [5.74, 6) is -0.267. The Bertz CT molecular complexity index is 1440. The summed E-state index contributed by atoms with van der Waals surface area (Å²) in [5, 5.41) is 0. The largest absolute Gasteiger partial charge is 0.307 e. The van der Waals surface area contributed by atoms with Crippen LogP contribution in [-0.2, 0) is 25.5 Å². The standard InChI is InChI=1S/C26H31N3O5S2/c1-18-13-21(14-18)28-36(33,34)22-8-6-7-19(15-22)25(30)29-17-26(11-4-3-5-12-26)23-16-20(9-10-24(23)29)27-35(2,31)32/h6-10,15-16,21,27-28H,1,3-5,11-14,17H2,2H3. The monoisotopic (exact) mass is 529 g/mol. The lowest BCUT2D eigenvalue weighted by Crippen LogP contribution is -2.40. The third-order valence-corrected chi connectivity index (χ3v) is 9.59. The molecule has 2 saturated carbocycles. The number of nitrogens with zero attached hydrogens (tertiary/aromatic N) is 1. The van der Waals surface area contributed by atoms with E-state index in [-0.39, 0.29) is 22.3 Å². The number of rotatable bonds is 6. The Hall–Kier alpha value is -2.69. The van der Waals surface area contributed by atoms with Gasteiger partial charge < -0.3 is 4.90 Å². The molecule has 2 aliphatic carbocycles. The number of amides is 1. The number of carbonyl (C=O) groups excluding carboxylic acids is 1. The highest BCUT2D eigenvalue weighted by molar-refractivity contribution is 7.92. The molecule has 2 aromatic carbocycles. The van der Waals surface area contributed by atoms with E-state index < -0.39 is 20.0 Å². The Morgan fingerprint density at radius 3 is 2.42 bits per heavy atom. The number of anilines is 2. The average Bonchev–Trinajstić information content (AvgIpc) is 3.10. The van der Waals surface area contributed by atoms with Crippen molar-refractivity contribution in [1.82, 2.24) is 4.72 Å². The van der Waals surface area contributed by atoms with Gasteiger partial charge in [0.15, 0.2) is 0 Å². The second kappa shape index (κ2) is 9.00. The van der Waals surface area contributed by atoms with Crippen LogP contribution in [0, 0.1) is 0 Å². The van der Waals surface area contributed by atoms with Crippen LogP contribution in [0.1, 0.15) is 60.9 Å². The van der Waals surface area contributed by atoms with Crippen molar-refractivity contribution in [3.05, 3.63) is 65.7 Å². The van der Waals surface area contributed by atoms with E-state index in [4.69, 9.17) is 0 Å². The van der Waals surface area contributed by atoms with Gasteiger partial charge in [-0.25, -0.2) is 21.6 Å². The van der Waals surface area contributed by atoms with Gasteiger partial charge in [-0.15, -0.1) is 0 Å². The SMILES string of the molecule is C=C1CC(NS(=O)(=O)c2cccc(C(=O)N3CC4(CCCCC4)c4cc(NS(C)(=O)=O)ccc43)c2)C1. The lowest BCUT2D eigenvalue weighted by atomic mass is 9.70. The first-order chi connectivity index (χ1) is 17.0. The molecule has 3 aliphatic rings. The third kappa shape index (κ3) is 4.81. The van der Waals surface area contributed by atoms with Crippen LogP contribution in [0.2, 0.25) is 0 Å². The molecule has 0 aromatic heterocycles. The molecule has 2 N–H and O–H groups in total. The number of carbonyl (C=O) groups is 1. The van der Waals surface area contributed by atoms with Crippen molar-refractivity contribution < 1.29 is 21.6 Å². The van der Waals surface area contributed by atoms with Gasteiger partial charge in [0.25, 0.3) is 5.91 Å². The highest BCUT2D eigenvalue weighted by Crippen LogP contribution is 2.50. The minimum Gasteiger partial charge on any atom is -0.307 e. The second-order valence-electron chi connectivity index (χ2n) is 10.3. The molecule has 8 nitrogen and oxygen atoms in total. The highest BCUT2D eigenvalue weighted by Gasteiger charge is 2.45. The summed E-state index contributed by atoms with van der Waals surface area (Å²) in [6, 6.07) is 11.3. The van der Waals surface area contributed by atoms with Crippen molar-refractivity contribution in [2.45, 2.75) is 61.3 Å². The van der Waals surface area contributed by atoms with E-state index in [1.807, 2.05) is 6.07 Å². The van der Waals surface area contributed by atoms with Crippen LogP contribution in [0.3, 0.4) is 0 Å². The van der Waals surface area contributed by atoms with Gasteiger partial charge in [0.05, 0.1) is 11.2 Å². The number of hydrogen-bond donors (Lipinski definition) is 2. The summed E-state index contributed by atoms with van der Waals surface area (Å²) >= 11 is 0. The normalized spacial score (nSPS) is 19.7. The summed E-state index contributed by atoms with van der Waals surface area (Å²) in [7, 11) is -7.20. The predicted molar refractivity (Wildman–Crippen MR) is 140 cm³/mol. The van der Waals surface area contributed by atoms with Crippen LogP contribution >= 0.6 is 0 Å². The zero-order valence-corrected chi connectivity index (χ0v) is 21.9. The Labute approximate surface area is 212 Å². The van der Waals surface area contributed by atoms with Crippen LogP contribution in [0.15, 0.2) is 59.5 Å². The van der Waals surface area contributed by atoms with Crippen LogP contribution < -0.4 is 14.3 Å². The van der Waals surface area contributed by atoms with E-state index in [0.29, 0.717) is 30.6 Å². The van der Waals surface area contributed by atoms with Crippen molar-refractivity contribution >= 4 is 37.3 Å². The maximum absolute atomic E-state index is 13.7. The van der Waals surface area contributed by atoms with Crippen LogP contribution in [0.5, 0.6) is 0 Å². The number of hydrogen-bond acceptors (Lipinski definition) is 5. The van der Waals surface area contributed by atoms with Gasteiger partial charge in [-0.05, 0) is 67.6 Å². The average molecular weight is 530 g/mol. The molecule has 1 amide bonds. The maximum Gasteiger partial charge on any atom is 0.258 e. The topological polar surface area (TPSA) is 113 Å². The van der Waals surface area contributed by atoms with Crippen molar-refractivity contribution in [2.75, 3.05) is 22.4 Å². The maximum atomic E-state index is 13.7. The van der Waals surface area contributed by atoms with Gasteiger partial charge >= 0.3 is 0 Å². The Morgan fingerprint density at radius 2 is 1.75 bits per heavy atom.